The maximum Gasteiger partial charge on any atom is 0.0701 e. The summed E-state index contributed by atoms with van der Waals surface area (Å²) >= 11 is 0. The summed E-state index contributed by atoms with van der Waals surface area (Å²) in [7, 11) is 3.30. The number of hydrogen-bond acceptors (Lipinski definition) is 5. The minimum absolute atomic E-state index is 0.133. The van der Waals surface area contributed by atoms with Crippen molar-refractivity contribution in [1.82, 2.24) is 0 Å². The molecule has 0 aromatic heterocycles. The number of hydrogen-bond donors (Lipinski definition) is 1. The number of ether oxygens (including phenoxy) is 4. The van der Waals surface area contributed by atoms with E-state index in [9.17, 15) is 0 Å². The molecule has 94 valence electrons. The smallest absolute Gasteiger partial charge is 0.0701 e. The van der Waals surface area contributed by atoms with Crippen LogP contribution in [0.3, 0.4) is 0 Å². The first kappa shape index (κ1) is 17.2. The number of aliphatic hydroxyl groups is 1. The Hall–Kier alpha value is -0.200. The van der Waals surface area contributed by atoms with E-state index in [0.717, 1.165) is 0 Å². The highest BCUT2D eigenvalue weighted by Crippen LogP contribution is 1.75. The van der Waals surface area contributed by atoms with Crippen molar-refractivity contribution in [3.63, 3.8) is 0 Å². The van der Waals surface area contributed by atoms with Crippen molar-refractivity contribution in [3.8, 4) is 0 Å². The molecule has 0 aromatic carbocycles. The molecule has 0 aromatic rings. The topological polar surface area (TPSA) is 57.2 Å². The summed E-state index contributed by atoms with van der Waals surface area (Å²) in [5, 5.41) is 8.07. The molecule has 15 heavy (non-hydrogen) atoms. The molecule has 0 atom stereocenters. The van der Waals surface area contributed by atoms with Crippen LogP contribution in [0.1, 0.15) is 6.92 Å². The molecule has 0 saturated carbocycles. The molecule has 0 aliphatic heterocycles. The molecule has 0 heterocycles. The minimum Gasteiger partial charge on any atom is -0.394 e. The molecule has 0 amide bonds. The van der Waals surface area contributed by atoms with Crippen LogP contribution in [-0.2, 0) is 18.9 Å². The molecule has 0 aliphatic carbocycles. The highest BCUT2D eigenvalue weighted by Gasteiger charge is 1.84. The van der Waals surface area contributed by atoms with Crippen LogP contribution < -0.4 is 0 Å². The molecule has 0 rings (SSSR count). The van der Waals surface area contributed by atoms with Crippen LogP contribution in [0.4, 0.5) is 0 Å². The van der Waals surface area contributed by atoms with Gasteiger partial charge in [-0.2, -0.15) is 0 Å². The van der Waals surface area contributed by atoms with Gasteiger partial charge in [0.1, 0.15) is 0 Å². The Balaban J connectivity index is 0. The average Bonchev–Trinajstić information content (AvgIpc) is 2.27. The van der Waals surface area contributed by atoms with Crippen molar-refractivity contribution >= 4 is 0 Å². The summed E-state index contributed by atoms with van der Waals surface area (Å²) in [6.07, 6.45) is 0. The molecule has 0 saturated heterocycles. The lowest BCUT2D eigenvalue weighted by Gasteiger charge is -2.00. The van der Waals surface area contributed by atoms with Gasteiger partial charge < -0.3 is 24.1 Å². The Bertz CT molecular complexity index is 79.9. The van der Waals surface area contributed by atoms with Gasteiger partial charge in [-0.3, -0.25) is 0 Å². The molecule has 0 bridgehead atoms. The molecular weight excluding hydrogens is 200 g/mol. The third kappa shape index (κ3) is 24.8. The molecule has 5 heteroatoms. The van der Waals surface area contributed by atoms with Crippen LogP contribution in [0.15, 0.2) is 0 Å². The lowest BCUT2D eigenvalue weighted by molar-refractivity contribution is 0.0385. The number of methoxy groups -OCH3 is 2. The highest BCUT2D eigenvalue weighted by molar-refractivity contribution is 4.28. The van der Waals surface area contributed by atoms with Crippen molar-refractivity contribution in [2.24, 2.45) is 0 Å². The summed E-state index contributed by atoms with van der Waals surface area (Å²) in [6, 6.07) is 0. The van der Waals surface area contributed by atoms with Crippen molar-refractivity contribution < 1.29 is 24.1 Å². The number of aliphatic hydroxyl groups excluding tert-OH is 1. The van der Waals surface area contributed by atoms with Crippen molar-refractivity contribution in [1.29, 1.82) is 0 Å². The fraction of sp³-hybridized carbons (Fsp3) is 1.00. The monoisotopic (exact) mass is 224 g/mol. The Morgan fingerprint density at radius 3 is 1.60 bits per heavy atom. The SMILES string of the molecule is CCOCCO.COCCOCCOC. The minimum atomic E-state index is 0.133. The van der Waals surface area contributed by atoms with Crippen LogP contribution in [0, 0.1) is 0 Å². The Labute approximate surface area is 92.3 Å². The van der Waals surface area contributed by atoms with E-state index >= 15 is 0 Å². The Kier molecular flexibility index (Phi) is 22.2. The number of rotatable bonds is 9. The fourth-order valence-corrected chi connectivity index (χ4v) is 0.595. The zero-order chi connectivity index (χ0) is 11.8. The van der Waals surface area contributed by atoms with Crippen LogP contribution in [0.5, 0.6) is 0 Å². The lowest BCUT2D eigenvalue weighted by Crippen LogP contribution is -2.06. The molecule has 0 spiro atoms. The first-order valence-electron chi connectivity index (χ1n) is 5.07. The maximum atomic E-state index is 8.07. The van der Waals surface area contributed by atoms with Crippen LogP contribution in [-0.4, -0.2) is 65.6 Å². The van der Waals surface area contributed by atoms with E-state index in [-0.39, 0.29) is 6.61 Å². The van der Waals surface area contributed by atoms with Gasteiger partial charge in [0.2, 0.25) is 0 Å². The fourth-order valence-electron chi connectivity index (χ4n) is 0.595. The second-order valence-corrected chi connectivity index (χ2v) is 2.52. The van der Waals surface area contributed by atoms with Crippen molar-refractivity contribution in [2.45, 2.75) is 6.92 Å². The first-order valence-corrected chi connectivity index (χ1v) is 5.07. The standard InChI is InChI=1S/C6H14O3.C4H10O2/c1-7-3-5-9-6-4-8-2;1-2-6-4-3-5/h3-6H2,1-2H3;5H,2-4H2,1H3. The van der Waals surface area contributed by atoms with E-state index in [0.29, 0.717) is 39.6 Å². The van der Waals surface area contributed by atoms with E-state index in [1.165, 1.54) is 0 Å². The third-order valence-electron chi connectivity index (χ3n) is 1.30. The van der Waals surface area contributed by atoms with Gasteiger partial charge in [0, 0.05) is 20.8 Å². The van der Waals surface area contributed by atoms with E-state index in [2.05, 4.69) is 0 Å². The molecule has 0 radical (unpaired) electrons. The van der Waals surface area contributed by atoms with E-state index in [1.54, 1.807) is 14.2 Å². The van der Waals surface area contributed by atoms with Crippen molar-refractivity contribution in [2.75, 3.05) is 60.5 Å². The van der Waals surface area contributed by atoms with E-state index < -0.39 is 0 Å². The predicted molar refractivity (Wildman–Crippen MR) is 58.1 cm³/mol. The lowest BCUT2D eigenvalue weighted by atomic mass is 10.7. The van der Waals surface area contributed by atoms with Gasteiger partial charge in [-0.15, -0.1) is 0 Å². The Morgan fingerprint density at radius 2 is 1.33 bits per heavy atom. The van der Waals surface area contributed by atoms with Crippen molar-refractivity contribution in [3.05, 3.63) is 0 Å². The summed E-state index contributed by atoms with van der Waals surface area (Å²) in [6.45, 7) is 5.81. The average molecular weight is 224 g/mol. The van der Waals surface area contributed by atoms with E-state index in [4.69, 9.17) is 24.1 Å². The zero-order valence-corrected chi connectivity index (χ0v) is 10.0. The molecular formula is C10H24O5. The second kappa shape index (κ2) is 19.4. The first-order chi connectivity index (χ1) is 7.33. The van der Waals surface area contributed by atoms with Gasteiger partial charge in [0.15, 0.2) is 0 Å². The van der Waals surface area contributed by atoms with Gasteiger partial charge in [-0.1, -0.05) is 0 Å². The summed E-state index contributed by atoms with van der Waals surface area (Å²) < 4.78 is 19.3. The van der Waals surface area contributed by atoms with Crippen LogP contribution in [0.2, 0.25) is 0 Å². The van der Waals surface area contributed by atoms with E-state index in [1.807, 2.05) is 6.92 Å². The molecule has 5 nitrogen and oxygen atoms in total. The van der Waals surface area contributed by atoms with Crippen LogP contribution in [0.25, 0.3) is 0 Å². The molecule has 0 fully saturated rings. The van der Waals surface area contributed by atoms with Gasteiger partial charge in [-0.05, 0) is 6.92 Å². The zero-order valence-electron chi connectivity index (χ0n) is 10.0. The van der Waals surface area contributed by atoms with Gasteiger partial charge in [-0.25, -0.2) is 0 Å². The largest absolute Gasteiger partial charge is 0.394 e. The van der Waals surface area contributed by atoms with Crippen LogP contribution >= 0.6 is 0 Å². The second-order valence-electron chi connectivity index (χ2n) is 2.52. The van der Waals surface area contributed by atoms with Gasteiger partial charge in [0.05, 0.1) is 39.6 Å². The molecule has 0 unspecified atom stereocenters. The molecule has 0 aliphatic rings. The summed E-state index contributed by atoms with van der Waals surface area (Å²) in [4.78, 5) is 0. The maximum absolute atomic E-state index is 8.07. The van der Waals surface area contributed by atoms with Gasteiger partial charge in [0.25, 0.3) is 0 Å². The predicted octanol–water partition coefficient (Wildman–Crippen LogP) is 0.311. The Morgan fingerprint density at radius 1 is 0.800 bits per heavy atom. The summed E-state index contributed by atoms with van der Waals surface area (Å²) in [5.41, 5.74) is 0. The summed E-state index contributed by atoms with van der Waals surface area (Å²) in [5.74, 6) is 0. The third-order valence-corrected chi connectivity index (χ3v) is 1.30. The molecule has 1 N–H and O–H groups in total. The quantitative estimate of drug-likeness (QED) is 0.571. The normalized spacial score (nSPS) is 9.60. The van der Waals surface area contributed by atoms with Gasteiger partial charge >= 0.3 is 0 Å². The highest BCUT2D eigenvalue weighted by atomic mass is 16.5.